The highest BCUT2D eigenvalue weighted by atomic mass is 16.2. The van der Waals surface area contributed by atoms with Crippen LogP contribution in [-0.2, 0) is 11.3 Å². The average molecular weight is 398 g/mol. The smallest absolute Gasteiger partial charge is 0.320 e. The number of benzene rings is 1. The van der Waals surface area contributed by atoms with Gasteiger partial charge in [0.15, 0.2) is 0 Å². The predicted molar refractivity (Wildman–Crippen MR) is 114 cm³/mol. The molecule has 0 saturated heterocycles. The monoisotopic (exact) mass is 397 g/mol. The number of aryl methyl sites for hydroxylation is 3. The summed E-state index contributed by atoms with van der Waals surface area (Å²) in [6, 6.07) is 5.57. The number of hydrogen-bond donors (Lipinski definition) is 3. The van der Waals surface area contributed by atoms with E-state index in [0.717, 1.165) is 49.0 Å². The molecule has 2 aromatic rings. The number of carbonyl (C=O) groups is 2. The zero-order chi connectivity index (χ0) is 20.7. The lowest BCUT2D eigenvalue weighted by Gasteiger charge is -2.36. The van der Waals surface area contributed by atoms with E-state index >= 15 is 0 Å². The van der Waals surface area contributed by atoms with Crippen LogP contribution in [0.2, 0.25) is 0 Å². The number of aromatic nitrogens is 2. The summed E-state index contributed by atoms with van der Waals surface area (Å²) in [7, 11) is 0. The first-order chi connectivity index (χ1) is 14.0. The van der Waals surface area contributed by atoms with Gasteiger partial charge in [-0.15, -0.1) is 0 Å². The van der Waals surface area contributed by atoms with Crippen molar-refractivity contribution in [3.8, 4) is 0 Å². The lowest BCUT2D eigenvalue weighted by Crippen LogP contribution is -2.60. The van der Waals surface area contributed by atoms with Gasteiger partial charge in [-0.1, -0.05) is 37.5 Å². The van der Waals surface area contributed by atoms with E-state index in [2.05, 4.69) is 20.9 Å². The molecule has 1 saturated carbocycles. The molecule has 0 unspecified atom stereocenters. The van der Waals surface area contributed by atoms with E-state index < -0.39 is 5.54 Å². The molecular formula is C22H31N5O2. The Labute approximate surface area is 172 Å². The molecule has 3 N–H and O–H groups in total. The second-order valence-corrected chi connectivity index (χ2v) is 7.90. The maximum atomic E-state index is 13.0. The minimum absolute atomic E-state index is 0.0838. The summed E-state index contributed by atoms with van der Waals surface area (Å²) in [5.41, 5.74) is 1.97. The number of amides is 3. The molecule has 3 rings (SSSR count). The van der Waals surface area contributed by atoms with E-state index in [0.29, 0.717) is 19.4 Å². The Hall–Kier alpha value is -2.83. The maximum absolute atomic E-state index is 13.0. The molecule has 7 heteroatoms. The second-order valence-electron chi connectivity index (χ2n) is 7.90. The number of hydrogen-bond acceptors (Lipinski definition) is 3. The van der Waals surface area contributed by atoms with Crippen LogP contribution in [0.4, 0.5) is 10.5 Å². The minimum Gasteiger partial charge on any atom is -0.354 e. The van der Waals surface area contributed by atoms with Gasteiger partial charge in [-0.3, -0.25) is 4.79 Å². The Bertz CT molecular complexity index is 805. The molecule has 1 fully saturated rings. The van der Waals surface area contributed by atoms with Crippen LogP contribution in [-0.4, -0.2) is 33.6 Å². The molecule has 1 aliphatic rings. The molecule has 156 valence electrons. The van der Waals surface area contributed by atoms with Crippen LogP contribution < -0.4 is 16.0 Å². The zero-order valence-corrected chi connectivity index (χ0v) is 17.3. The summed E-state index contributed by atoms with van der Waals surface area (Å²) in [6.45, 7) is 5.30. The third-order valence-corrected chi connectivity index (χ3v) is 5.65. The molecule has 1 heterocycles. The molecule has 7 nitrogen and oxygen atoms in total. The van der Waals surface area contributed by atoms with Gasteiger partial charge in [-0.05, 0) is 44.2 Å². The summed E-state index contributed by atoms with van der Waals surface area (Å²) in [6.07, 6.45) is 10.5. The topological polar surface area (TPSA) is 88.0 Å². The Balaban J connectivity index is 1.59. The van der Waals surface area contributed by atoms with Crippen molar-refractivity contribution in [3.63, 3.8) is 0 Å². The molecule has 0 aliphatic heterocycles. The van der Waals surface area contributed by atoms with Crippen LogP contribution in [0, 0.1) is 13.8 Å². The average Bonchev–Trinajstić information content (AvgIpc) is 3.22. The van der Waals surface area contributed by atoms with Crippen molar-refractivity contribution in [2.24, 2.45) is 0 Å². The van der Waals surface area contributed by atoms with Crippen LogP contribution in [0.25, 0.3) is 0 Å². The van der Waals surface area contributed by atoms with Crippen molar-refractivity contribution in [2.75, 3.05) is 11.9 Å². The van der Waals surface area contributed by atoms with E-state index in [1.165, 1.54) is 0 Å². The van der Waals surface area contributed by atoms with Gasteiger partial charge in [0.25, 0.3) is 0 Å². The zero-order valence-electron chi connectivity index (χ0n) is 17.3. The van der Waals surface area contributed by atoms with Gasteiger partial charge < -0.3 is 20.5 Å². The number of carbonyl (C=O) groups excluding carboxylic acids is 2. The highest BCUT2D eigenvalue weighted by molar-refractivity contribution is 5.96. The van der Waals surface area contributed by atoms with Crippen molar-refractivity contribution in [1.82, 2.24) is 20.2 Å². The van der Waals surface area contributed by atoms with Crippen LogP contribution in [0.3, 0.4) is 0 Å². The molecule has 0 bridgehead atoms. The van der Waals surface area contributed by atoms with Crippen LogP contribution >= 0.6 is 0 Å². The van der Waals surface area contributed by atoms with Crippen LogP contribution in [0.1, 0.15) is 49.7 Å². The van der Waals surface area contributed by atoms with Gasteiger partial charge in [0.2, 0.25) is 5.91 Å². The maximum Gasteiger partial charge on any atom is 0.320 e. The minimum atomic E-state index is -0.839. The van der Waals surface area contributed by atoms with Crippen molar-refractivity contribution < 1.29 is 9.59 Å². The van der Waals surface area contributed by atoms with E-state index in [1.54, 1.807) is 12.5 Å². The fraction of sp³-hybridized carbons (Fsp3) is 0.500. The molecule has 0 spiro atoms. The Morgan fingerprint density at radius 1 is 1.14 bits per heavy atom. The fourth-order valence-electron chi connectivity index (χ4n) is 3.99. The number of nitrogens with one attached hydrogen (secondary N) is 3. The number of anilines is 1. The number of imidazole rings is 1. The number of rotatable bonds is 7. The van der Waals surface area contributed by atoms with Crippen molar-refractivity contribution in [1.29, 1.82) is 0 Å². The third kappa shape index (κ3) is 5.37. The Morgan fingerprint density at radius 3 is 2.52 bits per heavy atom. The lowest BCUT2D eigenvalue weighted by molar-refractivity contribution is -0.128. The quantitative estimate of drug-likeness (QED) is 0.625. The molecule has 3 amide bonds. The molecule has 1 aliphatic carbocycles. The lowest BCUT2D eigenvalue weighted by atomic mass is 9.81. The summed E-state index contributed by atoms with van der Waals surface area (Å²) in [5.74, 6) is -0.0838. The SMILES string of the molecule is Cc1cccc(C)c1NC(=O)NC1(C(=O)NCCCn2ccnc2)CCCCC1. The summed E-state index contributed by atoms with van der Waals surface area (Å²) in [4.78, 5) is 29.8. The summed E-state index contributed by atoms with van der Waals surface area (Å²) in [5, 5.41) is 9.00. The molecule has 29 heavy (non-hydrogen) atoms. The van der Waals surface area contributed by atoms with E-state index in [4.69, 9.17) is 0 Å². The Morgan fingerprint density at radius 2 is 1.86 bits per heavy atom. The third-order valence-electron chi connectivity index (χ3n) is 5.65. The summed E-state index contributed by atoms with van der Waals surface area (Å²) >= 11 is 0. The second kappa shape index (κ2) is 9.58. The first kappa shape index (κ1) is 20.9. The van der Waals surface area contributed by atoms with Crippen LogP contribution in [0.15, 0.2) is 36.9 Å². The predicted octanol–water partition coefficient (Wildman–Crippen LogP) is 3.53. The highest BCUT2D eigenvalue weighted by Crippen LogP contribution is 2.29. The van der Waals surface area contributed by atoms with E-state index in [9.17, 15) is 9.59 Å². The first-order valence-electron chi connectivity index (χ1n) is 10.4. The fourth-order valence-corrected chi connectivity index (χ4v) is 3.99. The molecular weight excluding hydrogens is 366 g/mol. The van der Waals surface area contributed by atoms with Gasteiger partial charge in [-0.2, -0.15) is 0 Å². The standard InChI is InChI=1S/C22H31N5O2/c1-17-8-6-9-18(2)19(17)25-21(29)26-22(10-4-3-5-11-22)20(28)24-12-7-14-27-15-13-23-16-27/h6,8-9,13,15-16H,3-5,7,10-12,14H2,1-2H3,(H,24,28)(H2,25,26,29). The van der Waals surface area contributed by atoms with Gasteiger partial charge in [0, 0.05) is 31.2 Å². The van der Waals surface area contributed by atoms with Gasteiger partial charge in [-0.25, -0.2) is 9.78 Å². The van der Waals surface area contributed by atoms with E-state index in [-0.39, 0.29) is 11.9 Å². The van der Waals surface area contributed by atoms with Crippen molar-refractivity contribution in [2.45, 2.75) is 64.5 Å². The van der Waals surface area contributed by atoms with Crippen molar-refractivity contribution in [3.05, 3.63) is 48.0 Å². The Kier molecular flexibility index (Phi) is 6.90. The highest BCUT2D eigenvalue weighted by Gasteiger charge is 2.40. The molecule has 0 radical (unpaired) electrons. The van der Waals surface area contributed by atoms with Crippen molar-refractivity contribution >= 4 is 17.6 Å². The first-order valence-corrected chi connectivity index (χ1v) is 10.4. The van der Waals surface area contributed by atoms with Gasteiger partial charge in [0.05, 0.1) is 6.33 Å². The van der Waals surface area contributed by atoms with Gasteiger partial charge >= 0.3 is 6.03 Å². The molecule has 1 aromatic heterocycles. The number of nitrogens with zero attached hydrogens (tertiary/aromatic N) is 2. The largest absolute Gasteiger partial charge is 0.354 e. The van der Waals surface area contributed by atoms with E-state index in [1.807, 2.05) is 42.8 Å². The normalized spacial score (nSPS) is 15.5. The van der Waals surface area contributed by atoms with Crippen LogP contribution in [0.5, 0.6) is 0 Å². The number of para-hydroxylation sites is 1. The van der Waals surface area contributed by atoms with Gasteiger partial charge in [0.1, 0.15) is 5.54 Å². The summed E-state index contributed by atoms with van der Waals surface area (Å²) < 4.78 is 1.98. The number of urea groups is 1. The molecule has 1 aromatic carbocycles. The molecule has 0 atom stereocenters.